The summed E-state index contributed by atoms with van der Waals surface area (Å²) in [6, 6.07) is 7.16. The van der Waals surface area contributed by atoms with Crippen LogP contribution in [0.5, 0.6) is 5.75 Å². The number of carbonyl (C=O) groups is 1. The van der Waals surface area contributed by atoms with Gasteiger partial charge < -0.3 is 9.84 Å². The number of carboxylic acids is 1. The van der Waals surface area contributed by atoms with Crippen molar-refractivity contribution in [3.63, 3.8) is 0 Å². The smallest absolute Gasteiger partial charge is 0.328 e. The third-order valence-corrected chi connectivity index (χ3v) is 1.90. The van der Waals surface area contributed by atoms with Crippen LogP contribution in [-0.2, 0) is 4.79 Å². The van der Waals surface area contributed by atoms with Crippen molar-refractivity contribution in [1.29, 1.82) is 0 Å². The molecule has 0 radical (unpaired) electrons. The van der Waals surface area contributed by atoms with Crippen LogP contribution in [0.4, 0.5) is 0 Å². The lowest BCUT2D eigenvalue weighted by molar-refractivity contribution is -0.131. The second kappa shape index (κ2) is 6.12. The Morgan fingerprint density at radius 3 is 2.94 bits per heavy atom. The summed E-state index contributed by atoms with van der Waals surface area (Å²) in [5.41, 5.74) is 0.778. The zero-order valence-electron chi connectivity index (χ0n) is 8.52. The van der Waals surface area contributed by atoms with Gasteiger partial charge in [0.2, 0.25) is 0 Å². The summed E-state index contributed by atoms with van der Waals surface area (Å²) in [6.07, 6.45) is 2.60. The number of aliphatic carboxylic acids is 1. The second-order valence-corrected chi connectivity index (χ2v) is 4.17. The fourth-order valence-corrected chi connectivity index (χ4v) is 1.15. The molecule has 0 saturated heterocycles. The summed E-state index contributed by atoms with van der Waals surface area (Å²) in [5, 5.41) is 8.48. The lowest BCUT2D eigenvalue weighted by Gasteiger charge is -2.05. The Kier molecular flexibility index (Phi) is 4.79. The zero-order chi connectivity index (χ0) is 12.0. The van der Waals surface area contributed by atoms with Gasteiger partial charge >= 0.3 is 5.97 Å². The molecule has 0 amide bonds. The molecular weight excluding hydrogens is 272 g/mol. The number of benzene rings is 1. The Morgan fingerprint density at radius 2 is 2.31 bits per heavy atom. The Balaban J connectivity index is 2.71. The Bertz CT molecular complexity index is 424. The normalized spacial score (nSPS) is 10.3. The first-order valence-electron chi connectivity index (χ1n) is 4.55. The van der Waals surface area contributed by atoms with E-state index in [1.807, 2.05) is 0 Å². The zero-order valence-corrected chi connectivity index (χ0v) is 10.1. The molecule has 1 rings (SSSR count). The summed E-state index contributed by atoms with van der Waals surface area (Å²) in [5.74, 6) is -0.298. The minimum Gasteiger partial charge on any atom is -0.488 e. The first kappa shape index (κ1) is 12.5. The van der Waals surface area contributed by atoms with E-state index in [-0.39, 0.29) is 0 Å². The van der Waals surface area contributed by atoms with E-state index in [9.17, 15) is 4.79 Å². The lowest BCUT2D eigenvalue weighted by Crippen LogP contribution is -1.95. The highest BCUT2D eigenvalue weighted by atomic mass is 79.9. The van der Waals surface area contributed by atoms with E-state index >= 15 is 0 Å². The molecule has 0 unspecified atom stereocenters. The van der Waals surface area contributed by atoms with Gasteiger partial charge in [0.25, 0.3) is 0 Å². The van der Waals surface area contributed by atoms with Gasteiger partial charge in [-0.2, -0.15) is 0 Å². The largest absolute Gasteiger partial charge is 0.488 e. The molecule has 0 aliphatic heterocycles. The predicted octanol–water partition coefficient (Wildman–Crippen LogP) is 3.07. The van der Waals surface area contributed by atoms with Gasteiger partial charge in [-0.3, -0.25) is 0 Å². The Morgan fingerprint density at radius 1 is 1.56 bits per heavy atom. The average Bonchev–Trinajstić information content (AvgIpc) is 2.24. The van der Waals surface area contributed by atoms with Gasteiger partial charge in [-0.05, 0) is 23.8 Å². The third kappa shape index (κ3) is 4.79. The summed E-state index contributed by atoms with van der Waals surface area (Å²) in [4.78, 5) is 10.3. The van der Waals surface area contributed by atoms with Crippen molar-refractivity contribution in [1.82, 2.24) is 0 Å². The highest BCUT2D eigenvalue weighted by molar-refractivity contribution is 9.11. The van der Waals surface area contributed by atoms with Crippen LogP contribution in [0, 0.1) is 0 Å². The van der Waals surface area contributed by atoms with Crippen LogP contribution in [0.1, 0.15) is 5.56 Å². The topological polar surface area (TPSA) is 46.5 Å². The van der Waals surface area contributed by atoms with Crippen molar-refractivity contribution in [3.8, 4) is 5.75 Å². The van der Waals surface area contributed by atoms with Crippen molar-refractivity contribution < 1.29 is 14.6 Å². The molecule has 0 aliphatic rings. The molecule has 0 atom stereocenters. The van der Waals surface area contributed by atoms with Gasteiger partial charge in [-0.25, -0.2) is 4.79 Å². The first-order valence-corrected chi connectivity index (χ1v) is 5.34. The van der Waals surface area contributed by atoms with Crippen LogP contribution in [0.15, 0.2) is 41.4 Å². The van der Waals surface area contributed by atoms with E-state index in [0.29, 0.717) is 12.4 Å². The maximum absolute atomic E-state index is 10.3. The van der Waals surface area contributed by atoms with E-state index in [2.05, 4.69) is 22.5 Å². The predicted molar refractivity (Wildman–Crippen MR) is 66.7 cm³/mol. The molecule has 4 heteroatoms. The van der Waals surface area contributed by atoms with Crippen LogP contribution in [0.25, 0.3) is 6.08 Å². The first-order chi connectivity index (χ1) is 7.58. The number of hydrogen-bond donors (Lipinski definition) is 1. The van der Waals surface area contributed by atoms with E-state index < -0.39 is 5.97 Å². The Labute approximate surface area is 102 Å². The average molecular weight is 283 g/mol. The maximum Gasteiger partial charge on any atom is 0.328 e. The fourth-order valence-electron chi connectivity index (χ4n) is 1.04. The standard InChI is InChI=1S/C12H11BrO3/c1-9(13)8-16-11-4-2-3-10(7-11)5-6-12(14)15/h2-7H,1,8H2,(H,14,15)/b6-5+. The van der Waals surface area contributed by atoms with Crippen LogP contribution < -0.4 is 4.74 Å². The summed E-state index contributed by atoms with van der Waals surface area (Å²) < 4.78 is 6.14. The lowest BCUT2D eigenvalue weighted by atomic mass is 10.2. The molecule has 0 bridgehead atoms. The molecule has 84 valence electrons. The monoisotopic (exact) mass is 282 g/mol. The van der Waals surface area contributed by atoms with Crippen LogP contribution in [0.3, 0.4) is 0 Å². The summed E-state index contributed by atoms with van der Waals surface area (Å²) >= 11 is 3.19. The van der Waals surface area contributed by atoms with E-state index in [1.54, 1.807) is 24.3 Å². The Hall–Kier alpha value is -1.55. The number of carboxylic acid groups (broad SMARTS) is 1. The number of ether oxygens (including phenoxy) is 1. The molecule has 1 aromatic carbocycles. The van der Waals surface area contributed by atoms with E-state index in [1.165, 1.54) is 6.08 Å². The number of halogens is 1. The molecule has 0 saturated carbocycles. The van der Waals surface area contributed by atoms with Crippen LogP contribution >= 0.6 is 15.9 Å². The van der Waals surface area contributed by atoms with Gasteiger partial charge in [0.1, 0.15) is 12.4 Å². The molecule has 0 aromatic heterocycles. The number of hydrogen-bond acceptors (Lipinski definition) is 2. The molecule has 1 N–H and O–H groups in total. The molecule has 0 spiro atoms. The van der Waals surface area contributed by atoms with Crippen molar-refractivity contribution in [2.45, 2.75) is 0 Å². The molecule has 0 heterocycles. The molecular formula is C12H11BrO3. The molecule has 0 fully saturated rings. The van der Waals surface area contributed by atoms with Gasteiger partial charge in [0, 0.05) is 10.6 Å². The SMILES string of the molecule is C=C(Br)COc1cccc(/C=C/C(=O)O)c1. The molecule has 0 aliphatic carbocycles. The maximum atomic E-state index is 10.3. The van der Waals surface area contributed by atoms with Crippen LogP contribution in [-0.4, -0.2) is 17.7 Å². The molecule has 3 nitrogen and oxygen atoms in total. The highest BCUT2D eigenvalue weighted by Crippen LogP contribution is 2.15. The van der Waals surface area contributed by atoms with Crippen molar-refractivity contribution >= 4 is 28.0 Å². The highest BCUT2D eigenvalue weighted by Gasteiger charge is 1.96. The van der Waals surface area contributed by atoms with Crippen molar-refractivity contribution in [3.05, 3.63) is 47.0 Å². The quantitative estimate of drug-likeness (QED) is 0.845. The van der Waals surface area contributed by atoms with Crippen molar-refractivity contribution in [2.75, 3.05) is 6.61 Å². The van der Waals surface area contributed by atoms with E-state index in [4.69, 9.17) is 9.84 Å². The summed E-state index contributed by atoms with van der Waals surface area (Å²) in [7, 11) is 0. The van der Waals surface area contributed by atoms with Gasteiger partial charge in [-0.1, -0.05) is 34.6 Å². The fraction of sp³-hybridized carbons (Fsp3) is 0.0833. The van der Waals surface area contributed by atoms with E-state index in [0.717, 1.165) is 16.1 Å². The van der Waals surface area contributed by atoms with Crippen molar-refractivity contribution in [2.24, 2.45) is 0 Å². The minimum absolute atomic E-state index is 0.381. The molecule has 1 aromatic rings. The third-order valence-electron chi connectivity index (χ3n) is 1.67. The number of rotatable bonds is 5. The van der Waals surface area contributed by atoms with Crippen LogP contribution in [0.2, 0.25) is 0 Å². The van der Waals surface area contributed by atoms with Gasteiger partial charge in [0.15, 0.2) is 0 Å². The molecule has 16 heavy (non-hydrogen) atoms. The van der Waals surface area contributed by atoms with Gasteiger partial charge in [0.05, 0.1) is 0 Å². The second-order valence-electron chi connectivity index (χ2n) is 3.05. The van der Waals surface area contributed by atoms with Gasteiger partial charge in [-0.15, -0.1) is 0 Å². The minimum atomic E-state index is -0.972. The summed E-state index contributed by atoms with van der Waals surface area (Å²) in [6.45, 7) is 4.03.